The molecule has 25 heavy (non-hydrogen) atoms. The first-order valence-electron chi connectivity index (χ1n) is 7.67. The lowest BCUT2D eigenvalue weighted by Crippen LogP contribution is -2.02. The molecule has 0 amide bonds. The second kappa shape index (κ2) is 5.83. The second-order valence-electron chi connectivity index (χ2n) is 5.87. The first kappa shape index (κ1) is 15.5. The molecular formula is C20H13ClO4. The number of halogens is 1. The van der Waals surface area contributed by atoms with E-state index in [0.717, 1.165) is 17.2 Å². The summed E-state index contributed by atoms with van der Waals surface area (Å²) in [5, 5.41) is 20.3. The van der Waals surface area contributed by atoms with Gasteiger partial charge in [-0.1, -0.05) is 29.8 Å². The van der Waals surface area contributed by atoms with Gasteiger partial charge >= 0.3 is 0 Å². The van der Waals surface area contributed by atoms with Gasteiger partial charge in [0, 0.05) is 29.1 Å². The van der Waals surface area contributed by atoms with Crippen molar-refractivity contribution in [1.29, 1.82) is 0 Å². The molecule has 0 unspecified atom stereocenters. The minimum Gasteiger partial charge on any atom is -0.508 e. The van der Waals surface area contributed by atoms with Gasteiger partial charge in [0.2, 0.25) is 0 Å². The van der Waals surface area contributed by atoms with Crippen LogP contribution in [-0.4, -0.2) is 16.0 Å². The Kier molecular flexibility index (Phi) is 3.62. The molecule has 0 atom stereocenters. The summed E-state index contributed by atoms with van der Waals surface area (Å²) in [4.78, 5) is 12.6. The highest BCUT2D eigenvalue weighted by Gasteiger charge is 2.25. The van der Waals surface area contributed by atoms with E-state index in [1.165, 1.54) is 6.07 Å². The van der Waals surface area contributed by atoms with Gasteiger partial charge in [0.25, 0.3) is 0 Å². The van der Waals surface area contributed by atoms with Crippen molar-refractivity contribution in [3.8, 4) is 34.1 Å². The number of carbonyl (C=O) groups is 1. The summed E-state index contributed by atoms with van der Waals surface area (Å²) in [6.07, 6.45) is 0.0923. The third-order valence-electron chi connectivity index (χ3n) is 4.13. The highest BCUT2D eigenvalue weighted by Crippen LogP contribution is 2.41. The Morgan fingerprint density at radius 3 is 2.52 bits per heavy atom. The van der Waals surface area contributed by atoms with Gasteiger partial charge in [0.05, 0.1) is 0 Å². The molecule has 3 aromatic carbocycles. The number of Topliss-reactive ketones (excluding diaryl/α,β-unsaturated/α-hetero) is 1. The molecule has 1 aliphatic heterocycles. The lowest BCUT2D eigenvalue weighted by molar-refractivity contribution is 0.0991. The van der Waals surface area contributed by atoms with Crippen molar-refractivity contribution < 1.29 is 19.7 Å². The fraction of sp³-hybridized carbons (Fsp3) is 0.0500. The van der Waals surface area contributed by atoms with Gasteiger partial charge < -0.3 is 14.9 Å². The Morgan fingerprint density at radius 2 is 1.72 bits per heavy atom. The smallest absolute Gasteiger partial charge is 0.174 e. The maximum atomic E-state index is 12.6. The van der Waals surface area contributed by atoms with Gasteiger partial charge in [0.15, 0.2) is 5.78 Å². The molecule has 124 valence electrons. The molecule has 0 aromatic heterocycles. The summed E-state index contributed by atoms with van der Waals surface area (Å²) in [6, 6.07) is 15.4. The highest BCUT2D eigenvalue weighted by atomic mass is 35.5. The molecule has 1 aliphatic rings. The Balaban J connectivity index is 1.81. The van der Waals surface area contributed by atoms with E-state index in [0.29, 0.717) is 16.3 Å². The average molecular weight is 353 g/mol. The van der Waals surface area contributed by atoms with Crippen LogP contribution in [0.2, 0.25) is 5.02 Å². The Labute approximate surface area is 148 Å². The molecule has 0 saturated heterocycles. The molecule has 0 radical (unpaired) electrons. The van der Waals surface area contributed by atoms with E-state index >= 15 is 0 Å². The first-order valence-corrected chi connectivity index (χ1v) is 8.05. The fourth-order valence-electron chi connectivity index (χ4n) is 2.99. The Hall–Kier alpha value is -2.98. The van der Waals surface area contributed by atoms with Gasteiger partial charge in [-0.25, -0.2) is 0 Å². The molecule has 3 aromatic rings. The van der Waals surface area contributed by atoms with Gasteiger partial charge in [0.1, 0.15) is 28.6 Å². The molecule has 0 spiro atoms. The number of phenols is 2. The van der Waals surface area contributed by atoms with Crippen LogP contribution in [-0.2, 0) is 6.42 Å². The summed E-state index contributed by atoms with van der Waals surface area (Å²) in [5.74, 6) is -0.0555. The van der Waals surface area contributed by atoms with Crippen LogP contribution in [0.1, 0.15) is 15.9 Å². The SMILES string of the molecule is O=C1Cc2cc(-c3cccc(Cl)c3)ccc2Oc2cc(O)cc(O)c21. The second-order valence-corrected chi connectivity index (χ2v) is 6.31. The first-order chi connectivity index (χ1) is 12.0. The molecule has 4 nitrogen and oxygen atoms in total. The average Bonchev–Trinajstić information content (AvgIpc) is 2.69. The van der Waals surface area contributed by atoms with Crippen molar-refractivity contribution in [1.82, 2.24) is 0 Å². The zero-order valence-electron chi connectivity index (χ0n) is 13.0. The lowest BCUT2D eigenvalue weighted by Gasteiger charge is -2.11. The van der Waals surface area contributed by atoms with Crippen molar-refractivity contribution >= 4 is 17.4 Å². The van der Waals surface area contributed by atoms with Crippen LogP contribution in [0.4, 0.5) is 0 Å². The van der Waals surface area contributed by atoms with Crippen molar-refractivity contribution in [2.24, 2.45) is 0 Å². The van der Waals surface area contributed by atoms with Gasteiger partial charge in [-0.15, -0.1) is 0 Å². The number of ketones is 1. The van der Waals surface area contributed by atoms with Crippen LogP contribution in [0.15, 0.2) is 54.6 Å². The molecule has 2 N–H and O–H groups in total. The monoisotopic (exact) mass is 352 g/mol. The van der Waals surface area contributed by atoms with Crippen LogP contribution < -0.4 is 4.74 Å². The third kappa shape index (κ3) is 2.81. The van der Waals surface area contributed by atoms with Crippen molar-refractivity contribution in [2.75, 3.05) is 0 Å². The van der Waals surface area contributed by atoms with Crippen LogP contribution in [0.5, 0.6) is 23.0 Å². The minimum atomic E-state index is -0.289. The largest absolute Gasteiger partial charge is 0.508 e. The van der Waals surface area contributed by atoms with E-state index in [1.54, 1.807) is 12.1 Å². The molecule has 5 heteroatoms. The van der Waals surface area contributed by atoms with Crippen LogP contribution >= 0.6 is 11.6 Å². The van der Waals surface area contributed by atoms with Crippen molar-refractivity contribution in [3.63, 3.8) is 0 Å². The normalized spacial score (nSPS) is 12.8. The van der Waals surface area contributed by atoms with E-state index in [4.69, 9.17) is 16.3 Å². The molecule has 4 rings (SSSR count). The summed E-state index contributed by atoms with van der Waals surface area (Å²) in [6.45, 7) is 0. The number of rotatable bonds is 1. The van der Waals surface area contributed by atoms with Gasteiger partial charge in [-0.05, 0) is 35.4 Å². The molecule has 0 saturated carbocycles. The van der Waals surface area contributed by atoms with E-state index in [2.05, 4.69) is 0 Å². The van der Waals surface area contributed by atoms with E-state index in [1.807, 2.05) is 30.3 Å². The van der Waals surface area contributed by atoms with Crippen molar-refractivity contribution in [2.45, 2.75) is 6.42 Å². The van der Waals surface area contributed by atoms with Crippen LogP contribution in [0.25, 0.3) is 11.1 Å². The summed E-state index contributed by atoms with van der Waals surface area (Å²) in [5.41, 5.74) is 2.64. The number of ether oxygens (including phenoxy) is 1. The summed E-state index contributed by atoms with van der Waals surface area (Å²) < 4.78 is 5.78. The molecule has 0 fully saturated rings. The van der Waals surface area contributed by atoms with E-state index in [9.17, 15) is 15.0 Å². The zero-order valence-corrected chi connectivity index (χ0v) is 13.7. The highest BCUT2D eigenvalue weighted by molar-refractivity contribution is 6.30. The van der Waals surface area contributed by atoms with Crippen LogP contribution in [0.3, 0.4) is 0 Å². The van der Waals surface area contributed by atoms with Crippen molar-refractivity contribution in [3.05, 3.63) is 70.7 Å². The molecule has 1 heterocycles. The van der Waals surface area contributed by atoms with E-state index < -0.39 is 0 Å². The van der Waals surface area contributed by atoms with Gasteiger partial charge in [-0.3, -0.25) is 4.79 Å². The Morgan fingerprint density at radius 1 is 0.920 bits per heavy atom. The summed E-state index contributed by atoms with van der Waals surface area (Å²) >= 11 is 6.05. The third-order valence-corrected chi connectivity index (χ3v) is 4.37. The molecule has 0 bridgehead atoms. The maximum Gasteiger partial charge on any atom is 0.174 e. The molecular weight excluding hydrogens is 340 g/mol. The lowest BCUT2D eigenvalue weighted by atomic mass is 9.98. The zero-order chi connectivity index (χ0) is 17.6. The number of aromatic hydroxyl groups is 2. The number of benzene rings is 3. The fourth-order valence-corrected chi connectivity index (χ4v) is 3.18. The Bertz CT molecular complexity index is 1010. The van der Waals surface area contributed by atoms with Crippen LogP contribution in [0, 0.1) is 0 Å². The topological polar surface area (TPSA) is 66.8 Å². The standard InChI is InChI=1S/C20H13ClO4/c21-14-3-1-2-11(7-14)12-4-5-18-13(6-12)8-16(23)20-17(24)9-15(22)10-19(20)25-18/h1-7,9-10,22,24H,8H2. The summed E-state index contributed by atoms with van der Waals surface area (Å²) in [7, 11) is 0. The predicted octanol–water partition coefficient (Wildman–Crippen LogP) is 4.95. The predicted molar refractivity (Wildman–Crippen MR) is 94.8 cm³/mol. The number of phenolic OH excluding ortho intramolecular Hbond substituents is 2. The molecule has 0 aliphatic carbocycles. The number of hydrogen-bond donors (Lipinski definition) is 2. The maximum absolute atomic E-state index is 12.6. The quantitative estimate of drug-likeness (QED) is 0.650. The number of hydrogen-bond acceptors (Lipinski definition) is 4. The van der Waals surface area contributed by atoms with E-state index in [-0.39, 0.29) is 35.0 Å². The number of carbonyl (C=O) groups excluding carboxylic acids is 1. The van der Waals surface area contributed by atoms with Gasteiger partial charge in [-0.2, -0.15) is 0 Å². The number of fused-ring (bicyclic) bond motifs is 2. The minimum absolute atomic E-state index is 0.0818.